The van der Waals surface area contributed by atoms with Crippen molar-refractivity contribution in [3.63, 3.8) is 0 Å². The number of aromatic nitrogens is 1. The summed E-state index contributed by atoms with van der Waals surface area (Å²) in [5.74, 6) is -0.120. The third-order valence-electron chi connectivity index (χ3n) is 2.27. The van der Waals surface area contributed by atoms with Crippen LogP contribution in [0.2, 0.25) is 0 Å². The first-order valence-electron chi connectivity index (χ1n) is 5.68. The molecule has 0 saturated heterocycles. The second-order valence-corrected chi connectivity index (χ2v) is 6.79. The Bertz CT molecular complexity index is 566. The fourth-order valence-corrected chi connectivity index (χ4v) is 3.74. The highest BCUT2D eigenvalue weighted by Gasteiger charge is 2.10. The van der Waals surface area contributed by atoms with Gasteiger partial charge in [-0.15, -0.1) is 22.7 Å². The number of nitrogens with one attached hydrogen (secondary N) is 1. The summed E-state index contributed by atoms with van der Waals surface area (Å²) in [6, 6.07) is 2.01. The van der Waals surface area contributed by atoms with Gasteiger partial charge in [-0.1, -0.05) is 0 Å². The molecular formula is C12H13BrN2O2S2. The van der Waals surface area contributed by atoms with E-state index >= 15 is 0 Å². The van der Waals surface area contributed by atoms with Gasteiger partial charge in [-0.05, 0) is 28.9 Å². The van der Waals surface area contributed by atoms with Gasteiger partial charge in [0.25, 0.3) is 0 Å². The number of rotatable bonds is 5. The third kappa shape index (κ3) is 4.38. The van der Waals surface area contributed by atoms with Crippen LogP contribution >= 0.6 is 38.6 Å². The van der Waals surface area contributed by atoms with Crippen molar-refractivity contribution < 1.29 is 9.90 Å². The monoisotopic (exact) mass is 360 g/mol. The van der Waals surface area contributed by atoms with Gasteiger partial charge in [-0.25, -0.2) is 4.98 Å². The molecule has 0 radical (unpaired) electrons. The van der Waals surface area contributed by atoms with Crippen molar-refractivity contribution in [3.05, 3.63) is 27.0 Å². The fraction of sp³-hybridized carbons (Fsp3) is 0.333. The van der Waals surface area contributed by atoms with Crippen LogP contribution in [-0.4, -0.2) is 28.6 Å². The first kappa shape index (κ1) is 14.6. The molecule has 4 nitrogen and oxygen atoms in total. The number of carbonyl (C=O) groups is 1. The Hall–Kier alpha value is -0.760. The molecule has 2 aromatic heterocycles. The van der Waals surface area contributed by atoms with E-state index in [1.807, 2.05) is 16.8 Å². The second kappa shape index (κ2) is 6.60. The first-order chi connectivity index (χ1) is 9.04. The minimum atomic E-state index is -0.529. The van der Waals surface area contributed by atoms with E-state index in [-0.39, 0.29) is 18.9 Å². The molecule has 0 spiro atoms. The molecule has 2 N–H and O–H groups in total. The number of aliphatic hydroxyl groups is 1. The molecule has 2 aromatic rings. The van der Waals surface area contributed by atoms with Gasteiger partial charge in [0, 0.05) is 21.8 Å². The SMILES string of the molecule is CC(O)CNC(=O)Cc1csc(-c2cc(Br)cs2)n1. The predicted molar refractivity (Wildman–Crippen MR) is 81.5 cm³/mol. The van der Waals surface area contributed by atoms with E-state index in [4.69, 9.17) is 5.11 Å². The predicted octanol–water partition coefficient (Wildman–Crippen LogP) is 2.67. The maximum absolute atomic E-state index is 11.6. The molecule has 1 unspecified atom stereocenters. The number of thiophene rings is 1. The summed E-state index contributed by atoms with van der Waals surface area (Å²) in [6.45, 7) is 1.91. The van der Waals surface area contributed by atoms with Crippen LogP contribution in [0, 0.1) is 0 Å². The highest BCUT2D eigenvalue weighted by Crippen LogP contribution is 2.31. The third-order valence-corrected chi connectivity index (χ3v) is 5.02. The fourth-order valence-electron chi connectivity index (χ4n) is 1.42. The van der Waals surface area contributed by atoms with Crippen molar-refractivity contribution in [2.24, 2.45) is 0 Å². The lowest BCUT2D eigenvalue weighted by molar-refractivity contribution is -0.120. The zero-order chi connectivity index (χ0) is 13.8. The summed E-state index contributed by atoms with van der Waals surface area (Å²) in [5, 5.41) is 16.6. The molecule has 0 aliphatic heterocycles. The average molecular weight is 361 g/mol. The van der Waals surface area contributed by atoms with E-state index in [2.05, 4.69) is 26.2 Å². The summed E-state index contributed by atoms with van der Waals surface area (Å²) < 4.78 is 1.04. The summed E-state index contributed by atoms with van der Waals surface area (Å²) >= 11 is 6.56. The van der Waals surface area contributed by atoms with Crippen molar-refractivity contribution in [3.8, 4) is 9.88 Å². The highest BCUT2D eigenvalue weighted by molar-refractivity contribution is 9.10. The normalized spacial score (nSPS) is 12.4. The molecule has 1 atom stereocenters. The Labute approximate surface area is 127 Å². The number of amides is 1. The quantitative estimate of drug-likeness (QED) is 0.861. The summed E-state index contributed by atoms with van der Waals surface area (Å²) in [7, 11) is 0. The lowest BCUT2D eigenvalue weighted by Gasteiger charge is -2.05. The summed E-state index contributed by atoms with van der Waals surface area (Å²) in [4.78, 5) is 17.1. The van der Waals surface area contributed by atoms with Crippen LogP contribution in [0.4, 0.5) is 0 Å². The van der Waals surface area contributed by atoms with Gasteiger partial charge in [-0.2, -0.15) is 0 Å². The van der Waals surface area contributed by atoms with Gasteiger partial charge >= 0.3 is 0 Å². The van der Waals surface area contributed by atoms with Crippen LogP contribution in [0.5, 0.6) is 0 Å². The molecule has 1 amide bonds. The van der Waals surface area contributed by atoms with Crippen LogP contribution in [-0.2, 0) is 11.2 Å². The maximum atomic E-state index is 11.6. The van der Waals surface area contributed by atoms with E-state index in [1.165, 1.54) is 11.3 Å². The average Bonchev–Trinajstić information content (AvgIpc) is 2.95. The first-order valence-corrected chi connectivity index (χ1v) is 8.23. The van der Waals surface area contributed by atoms with Crippen molar-refractivity contribution in [1.82, 2.24) is 10.3 Å². The van der Waals surface area contributed by atoms with Crippen molar-refractivity contribution in [2.45, 2.75) is 19.4 Å². The van der Waals surface area contributed by atoms with E-state index in [9.17, 15) is 4.79 Å². The maximum Gasteiger partial charge on any atom is 0.226 e. The number of aliphatic hydroxyl groups excluding tert-OH is 1. The zero-order valence-corrected chi connectivity index (χ0v) is 13.4. The van der Waals surface area contributed by atoms with Crippen LogP contribution in [0.1, 0.15) is 12.6 Å². The summed E-state index contributed by atoms with van der Waals surface area (Å²) in [6.07, 6.45) is -0.283. The Morgan fingerprint density at radius 2 is 2.32 bits per heavy atom. The molecule has 0 aliphatic rings. The summed E-state index contributed by atoms with van der Waals surface area (Å²) in [5.41, 5.74) is 0.757. The van der Waals surface area contributed by atoms with Gasteiger partial charge in [0.05, 0.1) is 23.1 Å². The van der Waals surface area contributed by atoms with Crippen LogP contribution in [0.25, 0.3) is 9.88 Å². The number of hydrogen-bond donors (Lipinski definition) is 2. The Kier molecular flexibility index (Phi) is 5.09. The van der Waals surface area contributed by atoms with Crippen molar-refractivity contribution in [1.29, 1.82) is 0 Å². The second-order valence-electron chi connectivity index (χ2n) is 4.10. The van der Waals surface area contributed by atoms with Gasteiger partial charge in [-0.3, -0.25) is 4.79 Å². The number of thiazole rings is 1. The molecule has 19 heavy (non-hydrogen) atoms. The minimum Gasteiger partial charge on any atom is -0.392 e. The van der Waals surface area contributed by atoms with E-state index in [1.54, 1.807) is 18.3 Å². The van der Waals surface area contributed by atoms with Crippen LogP contribution < -0.4 is 5.32 Å². The number of nitrogens with zero attached hydrogens (tertiary/aromatic N) is 1. The van der Waals surface area contributed by atoms with Gasteiger partial charge < -0.3 is 10.4 Å². The van der Waals surface area contributed by atoms with Crippen molar-refractivity contribution >= 4 is 44.5 Å². The Morgan fingerprint density at radius 3 is 2.95 bits per heavy atom. The molecule has 102 valence electrons. The number of hydrogen-bond acceptors (Lipinski definition) is 5. The lowest BCUT2D eigenvalue weighted by atomic mass is 10.3. The van der Waals surface area contributed by atoms with Crippen LogP contribution in [0.3, 0.4) is 0 Å². The standard InChI is InChI=1S/C12H13BrN2O2S2/c1-7(16)4-14-11(17)3-9-6-19-12(15-9)10-2-8(13)5-18-10/h2,5-7,16H,3-4H2,1H3,(H,14,17). The van der Waals surface area contributed by atoms with Gasteiger partial charge in [0.1, 0.15) is 5.01 Å². The Balaban J connectivity index is 1.96. The van der Waals surface area contributed by atoms with E-state index < -0.39 is 6.10 Å². The van der Waals surface area contributed by atoms with Crippen LogP contribution in [0.15, 0.2) is 21.3 Å². The zero-order valence-electron chi connectivity index (χ0n) is 10.2. The molecule has 2 heterocycles. The minimum absolute atomic E-state index is 0.120. The molecule has 0 fully saturated rings. The van der Waals surface area contributed by atoms with Gasteiger partial charge in [0.15, 0.2) is 0 Å². The smallest absolute Gasteiger partial charge is 0.226 e. The topological polar surface area (TPSA) is 62.2 Å². The number of halogens is 1. The molecule has 0 bridgehead atoms. The Morgan fingerprint density at radius 1 is 1.53 bits per heavy atom. The molecule has 2 rings (SSSR count). The van der Waals surface area contributed by atoms with E-state index in [0.717, 1.165) is 20.1 Å². The molecule has 0 aliphatic carbocycles. The molecule has 0 aromatic carbocycles. The van der Waals surface area contributed by atoms with E-state index in [0.29, 0.717) is 0 Å². The van der Waals surface area contributed by atoms with Gasteiger partial charge in [0.2, 0.25) is 5.91 Å². The largest absolute Gasteiger partial charge is 0.392 e. The highest BCUT2D eigenvalue weighted by atomic mass is 79.9. The molecular weight excluding hydrogens is 348 g/mol. The molecule has 0 saturated carbocycles. The van der Waals surface area contributed by atoms with Crippen molar-refractivity contribution in [2.75, 3.05) is 6.54 Å². The molecule has 7 heteroatoms. The lowest BCUT2D eigenvalue weighted by Crippen LogP contribution is -2.31. The number of carbonyl (C=O) groups excluding carboxylic acids is 1.